The number of hydrogen-bond acceptors (Lipinski definition) is 5. The zero-order chi connectivity index (χ0) is 16.1. The maximum atomic E-state index is 12.4. The molecule has 0 unspecified atom stereocenters. The van der Waals surface area contributed by atoms with Crippen LogP contribution in [-0.4, -0.2) is 36.4 Å². The maximum Gasteiger partial charge on any atom is 0.458 e. The number of hydrogen-bond donors (Lipinski definition) is 2. The summed E-state index contributed by atoms with van der Waals surface area (Å²) in [6.45, 7) is 2.25. The highest BCUT2D eigenvalue weighted by Gasteiger charge is 2.38. The van der Waals surface area contributed by atoms with Crippen molar-refractivity contribution in [3.63, 3.8) is 0 Å². The Morgan fingerprint density at radius 1 is 1.14 bits per heavy atom. The van der Waals surface area contributed by atoms with Crippen LogP contribution in [0.1, 0.15) is 58.3 Å². The fourth-order valence-electron chi connectivity index (χ4n) is 3.74. The highest BCUT2D eigenvalue weighted by atomic mass is 16.5. The Labute approximate surface area is 133 Å². The Hall–Kier alpha value is -0.715. The molecule has 0 radical (unpaired) electrons. The molecule has 5 nitrogen and oxygen atoms in total. The van der Waals surface area contributed by atoms with E-state index in [4.69, 9.17) is 10.4 Å². The molecule has 124 valence electrons. The fourth-order valence-corrected chi connectivity index (χ4v) is 3.74. The fraction of sp³-hybridized carbons (Fsp3) is 0.875. The van der Waals surface area contributed by atoms with Gasteiger partial charge in [-0.2, -0.15) is 0 Å². The first kappa shape index (κ1) is 17.6. The van der Waals surface area contributed by atoms with Crippen LogP contribution >= 0.6 is 0 Å². The van der Waals surface area contributed by atoms with E-state index in [1.807, 2.05) is 0 Å². The highest BCUT2D eigenvalue weighted by molar-refractivity contribution is 6.45. The van der Waals surface area contributed by atoms with E-state index in [0.29, 0.717) is 25.3 Å². The topological polar surface area (TPSA) is 89.6 Å². The second kappa shape index (κ2) is 8.23. The Morgan fingerprint density at radius 3 is 2.36 bits per heavy atom. The molecule has 1 heterocycles. The Morgan fingerprint density at radius 2 is 1.82 bits per heavy atom. The average molecular weight is 309 g/mol. The smallest absolute Gasteiger partial charge is 0.427 e. The molecule has 6 heteroatoms. The number of rotatable bonds is 6. The Bertz CT molecular complexity index is 396. The summed E-state index contributed by atoms with van der Waals surface area (Å²) in [5.74, 6) is 0.907. The Kier molecular flexibility index (Phi) is 6.59. The lowest BCUT2D eigenvalue weighted by Crippen LogP contribution is -2.38. The highest BCUT2D eigenvalue weighted by Crippen LogP contribution is 2.35. The molecular weight excluding hydrogens is 281 g/mol. The molecule has 2 rings (SSSR count). The van der Waals surface area contributed by atoms with Gasteiger partial charge in [0.2, 0.25) is 0 Å². The van der Waals surface area contributed by atoms with Crippen molar-refractivity contribution >= 4 is 18.7 Å². The predicted octanol–water partition coefficient (Wildman–Crippen LogP) is 1.72. The van der Waals surface area contributed by atoms with E-state index in [9.17, 15) is 14.6 Å². The van der Waals surface area contributed by atoms with Crippen molar-refractivity contribution in [1.82, 2.24) is 0 Å². The van der Waals surface area contributed by atoms with Crippen molar-refractivity contribution in [2.24, 2.45) is 17.6 Å². The van der Waals surface area contributed by atoms with E-state index >= 15 is 0 Å². The maximum absolute atomic E-state index is 12.4. The quantitative estimate of drug-likeness (QED) is 0.729. The van der Waals surface area contributed by atoms with Gasteiger partial charge in [-0.25, -0.2) is 0 Å². The Balaban J connectivity index is 1.76. The summed E-state index contributed by atoms with van der Waals surface area (Å²) in [4.78, 5) is 23.5. The number of ketones is 2. The second-order valence-electron chi connectivity index (χ2n) is 7.02. The molecule has 3 N–H and O–H groups in total. The lowest BCUT2D eigenvalue weighted by atomic mass is 9.63. The van der Waals surface area contributed by atoms with Gasteiger partial charge in [-0.15, -0.1) is 0 Å². The van der Waals surface area contributed by atoms with E-state index in [0.717, 1.165) is 38.5 Å². The van der Waals surface area contributed by atoms with Gasteiger partial charge in [-0.05, 0) is 57.9 Å². The molecular formula is C16H28BNO4. The van der Waals surface area contributed by atoms with Crippen LogP contribution in [0.15, 0.2) is 0 Å². The minimum Gasteiger partial charge on any atom is -0.427 e. The summed E-state index contributed by atoms with van der Waals surface area (Å²) in [6.07, 6.45) is 5.98. The van der Waals surface area contributed by atoms with Crippen LogP contribution in [0.25, 0.3) is 0 Å². The van der Waals surface area contributed by atoms with Gasteiger partial charge < -0.3 is 15.4 Å². The summed E-state index contributed by atoms with van der Waals surface area (Å²) in [5, 5.41) is 10.1. The van der Waals surface area contributed by atoms with Gasteiger partial charge in [0, 0.05) is 30.7 Å². The monoisotopic (exact) mass is 309 g/mol. The minimum absolute atomic E-state index is 0.0726. The third-order valence-electron chi connectivity index (χ3n) is 5.21. The number of Topliss-reactive ketones (excluding diaryl/α,β-unsaturated/α-hetero) is 2. The first-order valence-electron chi connectivity index (χ1n) is 8.55. The molecule has 0 aromatic carbocycles. The number of carbonyl (C=O) groups excluding carboxylic acids is 2. The van der Waals surface area contributed by atoms with Gasteiger partial charge in [0.05, 0.1) is 0 Å². The van der Waals surface area contributed by atoms with Crippen molar-refractivity contribution < 1.29 is 19.3 Å². The predicted molar refractivity (Wildman–Crippen MR) is 85.3 cm³/mol. The van der Waals surface area contributed by atoms with Crippen molar-refractivity contribution in [1.29, 1.82) is 0 Å². The molecule has 0 spiro atoms. The molecule has 1 saturated carbocycles. The molecule has 22 heavy (non-hydrogen) atoms. The summed E-state index contributed by atoms with van der Waals surface area (Å²) in [6, 6.07) is 0. The van der Waals surface area contributed by atoms with Crippen LogP contribution < -0.4 is 5.73 Å². The molecule has 1 aliphatic heterocycles. The third-order valence-corrected chi connectivity index (χ3v) is 5.21. The lowest BCUT2D eigenvalue weighted by Gasteiger charge is -2.32. The van der Waals surface area contributed by atoms with Crippen LogP contribution in [0.2, 0.25) is 5.82 Å². The zero-order valence-corrected chi connectivity index (χ0v) is 13.5. The van der Waals surface area contributed by atoms with Crippen LogP contribution in [0, 0.1) is 11.8 Å². The first-order chi connectivity index (χ1) is 10.5. The molecule has 0 bridgehead atoms. The number of carbonyl (C=O) groups is 2. The number of nitrogens with two attached hydrogens (primary N) is 1. The van der Waals surface area contributed by atoms with Gasteiger partial charge in [0.25, 0.3) is 0 Å². The van der Waals surface area contributed by atoms with Crippen LogP contribution in [-0.2, 0) is 14.2 Å². The third kappa shape index (κ3) is 4.90. The molecule has 2 atom stereocenters. The van der Waals surface area contributed by atoms with Gasteiger partial charge in [0.15, 0.2) is 0 Å². The van der Waals surface area contributed by atoms with Crippen molar-refractivity contribution in [2.75, 3.05) is 6.54 Å². The molecule has 2 aliphatic rings. The lowest BCUT2D eigenvalue weighted by molar-refractivity contribution is -0.125. The van der Waals surface area contributed by atoms with Crippen molar-refractivity contribution in [3.8, 4) is 0 Å². The van der Waals surface area contributed by atoms with Crippen molar-refractivity contribution in [2.45, 2.75) is 70.2 Å². The summed E-state index contributed by atoms with van der Waals surface area (Å²) in [5.41, 5.74) is 5.68. The van der Waals surface area contributed by atoms with E-state index in [1.165, 1.54) is 6.92 Å². The normalized spacial score (nSPS) is 32.8. The molecule has 2 fully saturated rings. The van der Waals surface area contributed by atoms with Gasteiger partial charge in [-0.3, -0.25) is 9.59 Å². The molecule has 1 aliphatic carbocycles. The van der Waals surface area contributed by atoms with E-state index in [2.05, 4.69) is 0 Å². The standard InChI is InChI=1S/C16H28BNO4/c1-11(19)8-15-7-6-14(17(21)22-15)9-16(20)13-4-2-12(10-18)3-5-13/h12-15,21H,2-10,18H2,1H3/t12?,13?,14-,15+/m1/s1. The van der Waals surface area contributed by atoms with Crippen LogP contribution in [0.3, 0.4) is 0 Å². The summed E-state index contributed by atoms with van der Waals surface area (Å²) in [7, 11) is -0.914. The molecule has 0 aromatic heterocycles. The van der Waals surface area contributed by atoms with E-state index in [-0.39, 0.29) is 29.4 Å². The second-order valence-corrected chi connectivity index (χ2v) is 7.02. The van der Waals surface area contributed by atoms with Crippen LogP contribution in [0.5, 0.6) is 0 Å². The van der Waals surface area contributed by atoms with E-state index in [1.54, 1.807) is 0 Å². The van der Waals surface area contributed by atoms with E-state index < -0.39 is 7.12 Å². The molecule has 0 aromatic rings. The zero-order valence-electron chi connectivity index (χ0n) is 13.5. The average Bonchev–Trinajstić information content (AvgIpc) is 2.49. The van der Waals surface area contributed by atoms with Gasteiger partial charge >= 0.3 is 7.12 Å². The van der Waals surface area contributed by atoms with Crippen molar-refractivity contribution in [3.05, 3.63) is 0 Å². The van der Waals surface area contributed by atoms with Crippen LogP contribution in [0.4, 0.5) is 0 Å². The van der Waals surface area contributed by atoms with Gasteiger partial charge in [0.1, 0.15) is 11.6 Å². The molecule has 0 amide bonds. The summed E-state index contributed by atoms with van der Waals surface area (Å²) < 4.78 is 5.50. The molecule has 1 saturated heterocycles. The minimum atomic E-state index is -0.914. The largest absolute Gasteiger partial charge is 0.458 e. The van der Waals surface area contributed by atoms with Gasteiger partial charge in [-0.1, -0.05) is 0 Å². The SMILES string of the molecule is CC(=O)C[C@@H]1CC[C@H](CC(=O)C2CCC(CN)CC2)B(O)O1. The first-order valence-corrected chi connectivity index (χ1v) is 8.55. The summed E-state index contributed by atoms with van der Waals surface area (Å²) >= 11 is 0.